The Balaban J connectivity index is 1.43. The fourth-order valence-electron chi connectivity index (χ4n) is 5.48. The van der Waals surface area contributed by atoms with Gasteiger partial charge in [-0.15, -0.1) is 0 Å². The monoisotopic (exact) mass is 449 g/mol. The van der Waals surface area contributed by atoms with E-state index in [-0.39, 0.29) is 17.2 Å². The van der Waals surface area contributed by atoms with Crippen LogP contribution < -0.4 is 11.2 Å². The summed E-state index contributed by atoms with van der Waals surface area (Å²) in [5, 5.41) is 0.416. The van der Waals surface area contributed by atoms with Crippen molar-refractivity contribution in [3.05, 3.63) is 68.0 Å². The van der Waals surface area contributed by atoms with Crippen molar-refractivity contribution < 1.29 is 4.79 Å². The lowest BCUT2D eigenvalue weighted by molar-refractivity contribution is 0.0763. The summed E-state index contributed by atoms with van der Waals surface area (Å²) in [5.74, 6) is -0.0611. The number of rotatable bonds is 4. The summed E-state index contributed by atoms with van der Waals surface area (Å²) in [6.45, 7) is 5.93. The van der Waals surface area contributed by atoms with Crippen molar-refractivity contribution in [2.24, 2.45) is 14.1 Å². The van der Waals surface area contributed by atoms with Crippen LogP contribution in [0.1, 0.15) is 41.4 Å². The molecular weight excluding hydrogens is 418 g/mol. The zero-order valence-corrected chi connectivity index (χ0v) is 19.6. The Bertz CT molecular complexity index is 1350. The molecule has 5 rings (SSSR count). The summed E-state index contributed by atoms with van der Waals surface area (Å²) in [4.78, 5) is 43.3. The minimum absolute atomic E-state index is 0.0611. The molecule has 1 fully saturated rings. The van der Waals surface area contributed by atoms with E-state index < -0.39 is 0 Å². The number of aromatic nitrogens is 3. The van der Waals surface area contributed by atoms with E-state index in [0.717, 1.165) is 36.9 Å². The van der Waals surface area contributed by atoms with Crippen molar-refractivity contribution in [1.29, 1.82) is 0 Å². The molecule has 33 heavy (non-hydrogen) atoms. The number of carbonyl (C=O) groups excluding carboxylic acids is 1. The van der Waals surface area contributed by atoms with Crippen LogP contribution in [-0.4, -0.2) is 55.1 Å². The van der Waals surface area contributed by atoms with Crippen LogP contribution in [0.15, 0.2) is 39.9 Å². The van der Waals surface area contributed by atoms with E-state index in [0.29, 0.717) is 42.4 Å². The third-order valence-electron chi connectivity index (χ3n) is 7.29. The van der Waals surface area contributed by atoms with Crippen molar-refractivity contribution in [3.63, 3.8) is 0 Å². The van der Waals surface area contributed by atoms with E-state index in [2.05, 4.69) is 29.2 Å². The maximum absolute atomic E-state index is 13.6. The third-order valence-corrected chi connectivity index (χ3v) is 7.29. The summed E-state index contributed by atoms with van der Waals surface area (Å²) in [7, 11) is 3.13. The van der Waals surface area contributed by atoms with Crippen LogP contribution >= 0.6 is 0 Å². The molecule has 1 atom stereocenters. The first-order valence-electron chi connectivity index (χ1n) is 11.8. The molecule has 1 aromatic carbocycles. The number of amides is 1. The second-order valence-corrected chi connectivity index (χ2v) is 9.31. The standard InChI is InChI=1S/C25H31N5O3/c1-4-11-30-21(14-20-22(30)26(2)25(33)27(3)23(20)31)24(32)29-13-10-19(16-29)28-12-9-17-7-5-6-8-18(17)15-28/h5-8,14,19H,4,9-13,15-16H2,1-3H3. The van der Waals surface area contributed by atoms with Gasteiger partial charge >= 0.3 is 5.69 Å². The van der Waals surface area contributed by atoms with Crippen LogP contribution in [0.2, 0.25) is 0 Å². The van der Waals surface area contributed by atoms with Gasteiger partial charge in [-0.1, -0.05) is 31.2 Å². The Hall–Kier alpha value is -3.13. The molecule has 0 N–H and O–H groups in total. The number of carbonyl (C=O) groups is 1. The van der Waals surface area contributed by atoms with Crippen LogP contribution in [0.4, 0.5) is 0 Å². The number of nitrogens with zero attached hydrogens (tertiary/aromatic N) is 5. The van der Waals surface area contributed by atoms with Crippen LogP contribution in [0.25, 0.3) is 11.0 Å². The van der Waals surface area contributed by atoms with E-state index in [1.165, 1.54) is 22.7 Å². The number of hydrogen-bond donors (Lipinski definition) is 0. The van der Waals surface area contributed by atoms with Gasteiger partial charge in [0.1, 0.15) is 11.3 Å². The fraction of sp³-hybridized carbons (Fsp3) is 0.480. The quantitative estimate of drug-likeness (QED) is 0.608. The second kappa shape index (κ2) is 8.33. The average Bonchev–Trinajstić information content (AvgIpc) is 3.47. The molecule has 174 valence electrons. The molecule has 8 heteroatoms. The van der Waals surface area contributed by atoms with Gasteiger partial charge in [-0.05, 0) is 36.5 Å². The first-order valence-corrected chi connectivity index (χ1v) is 11.8. The second-order valence-electron chi connectivity index (χ2n) is 9.31. The van der Waals surface area contributed by atoms with Crippen molar-refractivity contribution in [2.45, 2.75) is 45.3 Å². The molecule has 2 aliphatic rings. The van der Waals surface area contributed by atoms with Crippen molar-refractivity contribution >= 4 is 16.9 Å². The normalized spacial score (nSPS) is 18.8. The summed E-state index contributed by atoms with van der Waals surface area (Å²) in [5.41, 5.74) is 3.09. The van der Waals surface area contributed by atoms with Gasteiger partial charge in [0.15, 0.2) is 0 Å². The lowest BCUT2D eigenvalue weighted by Gasteiger charge is -2.33. The zero-order valence-electron chi connectivity index (χ0n) is 19.6. The van der Waals surface area contributed by atoms with Gasteiger partial charge in [0.2, 0.25) is 0 Å². The predicted octanol–water partition coefficient (Wildman–Crippen LogP) is 1.72. The van der Waals surface area contributed by atoms with Crippen molar-refractivity contribution in [1.82, 2.24) is 23.5 Å². The van der Waals surface area contributed by atoms with Crippen LogP contribution in [-0.2, 0) is 33.6 Å². The van der Waals surface area contributed by atoms with E-state index in [4.69, 9.17) is 0 Å². The maximum Gasteiger partial charge on any atom is 0.332 e. The molecule has 1 saturated heterocycles. The van der Waals surface area contributed by atoms with Gasteiger partial charge in [-0.2, -0.15) is 0 Å². The van der Waals surface area contributed by atoms with Crippen molar-refractivity contribution in [3.8, 4) is 0 Å². The number of likely N-dealkylation sites (tertiary alicyclic amines) is 1. The largest absolute Gasteiger partial charge is 0.336 e. The lowest BCUT2D eigenvalue weighted by Crippen LogP contribution is -2.41. The highest BCUT2D eigenvalue weighted by Gasteiger charge is 2.34. The third kappa shape index (κ3) is 3.53. The molecule has 0 saturated carbocycles. The molecule has 0 radical (unpaired) electrons. The highest BCUT2D eigenvalue weighted by atomic mass is 16.2. The highest BCUT2D eigenvalue weighted by Crippen LogP contribution is 2.26. The number of hydrogen-bond acceptors (Lipinski definition) is 4. The van der Waals surface area contributed by atoms with E-state index in [1.807, 2.05) is 16.4 Å². The molecule has 0 aliphatic carbocycles. The topological polar surface area (TPSA) is 72.5 Å². The molecular formula is C25H31N5O3. The molecule has 3 aromatic rings. The summed E-state index contributed by atoms with van der Waals surface area (Å²) < 4.78 is 4.43. The average molecular weight is 450 g/mol. The predicted molar refractivity (Wildman–Crippen MR) is 128 cm³/mol. The van der Waals surface area contributed by atoms with Crippen LogP contribution in [0, 0.1) is 0 Å². The summed E-state index contributed by atoms with van der Waals surface area (Å²) in [6.07, 6.45) is 2.79. The smallest absolute Gasteiger partial charge is 0.332 e. The minimum atomic E-state index is -0.381. The summed E-state index contributed by atoms with van der Waals surface area (Å²) >= 11 is 0. The molecule has 0 bridgehead atoms. The lowest BCUT2D eigenvalue weighted by atomic mass is 9.98. The van der Waals surface area contributed by atoms with Crippen LogP contribution in [0.3, 0.4) is 0 Å². The Kier molecular flexibility index (Phi) is 5.48. The van der Waals surface area contributed by atoms with E-state index in [1.54, 1.807) is 13.1 Å². The van der Waals surface area contributed by atoms with E-state index >= 15 is 0 Å². The van der Waals surface area contributed by atoms with Gasteiger partial charge < -0.3 is 9.47 Å². The molecule has 8 nitrogen and oxygen atoms in total. The van der Waals surface area contributed by atoms with Gasteiger partial charge in [0, 0.05) is 52.9 Å². The zero-order chi connectivity index (χ0) is 23.3. The summed E-state index contributed by atoms with van der Waals surface area (Å²) in [6, 6.07) is 10.6. The van der Waals surface area contributed by atoms with Gasteiger partial charge in [0.05, 0.1) is 5.39 Å². The van der Waals surface area contributed by atoms with Gasteiger partial charge in [-0.3, -0.25) is 23.6 Å². The van der Waals surface area contributed by atoms with Crippen LogP contribution in [0.5, 0.6) is 0 Å². The Labute approximate surface area is 192 Å². The molecule has 2 aromatic heterocycles. The molecule has 1 amide bonds. The fourth-order valence-corrected chi connectivity index (χ4v) is 5.48. The molecule has 0 spiro atoms. The molecule has 4 heterocycles. The first kappa shape index (κ1) is 21.7. The Morgan fingerprint density at radius 3 is 2.58 bits per heavy atom. The van der Waals surface area contributed by atoms with Gasteiger partial charge in [0.25, 0.3) is 11.5 Å². The van der Waals surface area contributed by atoms with Gasteiger partial charge in [-0.25, -0.2) is 4.79 Å². The SMILES string of the molecule is CCCn1c(C(=O)N2CCC(N3CCc4ccccc4C3)C2)cc2c(=O)n(C)c(=O)n(C)c21. The Morgan fingerprint density at radius 1 is 1.06 bits per heavy atom. The highest BCUT2D eigenvalue weighted by molar-refractivity contribution is 5.98. The maximum atomic E-state index is 13.6. The number of fused-ring (bicyclic) bond motifs is 2. The number of benzene rings is 1. The Morgan fingerprint density at radius 2 is 1.82 bits per heavy atom. The first-order chi connectivity index (χ1) is 15.9. The van der Waals surface area contributed by atoms with Crippen molar-refractivity contribution in [2.75, 3.05) is 19.6 Å². The minimum Gasteiger partial charge on any atom is -0.336 e. The number of aryl methyl sites for hydroxylation is 2. The molecule has 2 aliphatic heterocycles. The molecule has 1 unspecified atom stereocenters. The van der Waals surface area contributed by atoms with E-state index in [9.17, 15) is 14.4 Å².